The van der Waals surface area contributed by atoms with Crippen molar-refractivity contribution in [1.29, 1.82) is 0 Å². The van der Waals surface area contributed by atoms with Crippen LogP contribution in [0.3, 0.4) is 0 Å². The van der Waals surface area contributed by atoms with Gasteiger partial charge in [-0.1, -0.05) is 6.58 Å². The fraction of sp³-hybridized carbons (Fsp3) is 0.294. The number of halogens is 1. The summed E-state index contributed by atoms with van der Waals surface area (Å²) in [6.07, 6.45) is 3.68. The monoisotopic (exact) mass is 349 g/mol. The summed E-state index contributed by atoms with van der Waals surface area (Å²) in [5.41, 5.74) is 6.91. The van der Waals surface area contributed by atoms with Crippen LogP contribution in [0, 0.1) is 0 Å². The van der Waals surface area contributed by atoms with Gasteiger partial charge in [0.2, 0.25) is 5.88 Å². The highest BCUT2D eigenvalue weighted by Gasteiger charge is 2.13. The quantitative estimate of drug-likeness (QED) is 0.340. The van der Waals surface area contributed by atoms with E-state index in [-0.39, 0.29) is 0 Å². The molecule has 2 rings (SSSR count). The third-order valence-electron chi connectivity index (χ3n) is 3.30. The van der Waals surface area contributed by atoms with Crippen molar-refractivity contribution >= 4 is 22.5 Å². The molecular weight excluding hydrogens is 330 g/mol. The number of allylic oxidation sites excluding steroid dienone is 2. The summed E-state index contributed by atoms with van der Waals surface area (Å²) in [5, 5.41) is 0.690. The number of fused-ring (bicyclic) bond motifs is 1. The van der Waals surface area contributed by atoms with Crippen molar-refractivity contribution in [2.24, 2.45) is 5.73 Å². The summed E-state index contributed by atoms with van der Waals surface area (Å²) in [5.74, 6) is 2.58. The van der Waals surface area contributed by atoms with Crippen molar-refractivity contribution in [3.05, 3.63) is 42.6 Å². The molecule has 1 aromatic heterocycles. The molecule has 0 fully saturated rings. The van der Waals surface area contributed by atoms with Crippen LogP contribution in [-0.4, -0.2) is 29.6 Å². The maximum Gasteiger partial charge on any atom is 0.229 e. The van der Waals surface area contributed by atoms with E-state index in [0.29, 0.717) is 52.2 Å². The molecule has 2 aromatic rings. The lowest BCUT2D eigenvalue weighted by atomic mass is 10.2. The summed E-state index contributed by atoms with van der Waals surface area (Å²) in [7, 11) is 1.57. The van der Waals surface area contributed by atoms with E-state index in [2.05, 4.69) is 16.5 Å². The van der Waals surface area contributed by atoms with E-state index in [4.69, 9.17) is 31.5 Å². The van der Waals surface area contributed by atoms with Gasteiger partial charge in [-0.15, -0.1) is 11.6 Å². The highest BCUT2D eigenvalue weighted by atomic mass is 35.5. The molecule has 0 amide bonds. The summed E-state index contributed by atoms with van der Waals surface area (Å²) in [6, 6.07) is 3.56. The van der Waals surface area contributed by atoms with Crippen molar-refractivity contribution in [2.45, 2.75) is 13.3 Å². The lowest BCUT2D eigenvalue weighted by Crippen LogP contribution is -2.05. The second-order valence-electron chi connectivity index (χ2n) is 4.91. The van der Waals surface area contributed by atoms with E-state index in [1.54, 1.807) is 26.2 Å². The summed E-state index contributed by atoms with van der Waals surface area (Å²) in [6.45, 7) is 5.86. The minimum Gasteiger partial charge on any atom is -0.493 e. The van der Waals surface area contributed by atoms with Crippen molar-refractivity contribution in [3.63, 3.8) is 0 Å². The molecule has 6 nitrogen and oxygen atoms in total. The Hall–Kier alpha value is -2.47. The minimum absolute atomic E-state index is 0.382. The lowest BCUT2D eigenvalue weighted by molar-refractivity contribution is 0.295. The van der Waals surface area contributed by atoms with E-state index >= 15 is 0 Å². The Labute approximate surface area is 145 Å². The van der Waals surface area contributed by atoms with Crippen LogP contribution in [-0.2, 0) is 0 Å². The van der Waals surface area contributed by atoms with Crippen LogP contribution in [0.15, 0.2) is 42.6 Å². The summed E-state index contributed by atoms with van der Waals surface area (Å²) in [4.78, 5) is 8.43. The Morgan fingerprint density at radius 3 is 2.79 bits per heavy atom. The number of ether oxygens (including phenoxy) is 3. The summed E-state index contributed by atoms with van der Waals surface area (Å²) < 4.78 is 16.8. The van der Waals surface area contributed by atoms with E-state index in [1.165, 1.54) is 12.4 Å². The maximum atomic E-state index is 5.79. The SMILES string of the molecule is C=CC(N)=C(C)Oc1ncnc2cc(OCCCCl)c(OC)cc12. The topological polar surface area (TPSA) is 79.5 Å². The molecule has 128 valence electrons. The smallest absolute Gasteiger partial charge is 0.229 e. The fourth-order valence-corrected chi connectivity index (χ4v) is 2.09. The molecule has 2 N–H and O–H groups in total. The van der Waals surface area contributed by atoms with Gasteiger partial charge in [-0.25, -0.2) is 9.97 Å². The van der Waals surface area contributed by atoms with E-state index in [1.807, 2.05) is 0 Å². The van der Waals surface area contributed by atoms with Gasteiger partial charge in [0.25, 0.3) is 0 Å². The average Bonchev–Trinajstić information content (AvgIpc) is 2.60. The Bertz CT molecular complexity index is 762. The molecular formula is C17H20ClN3O3. The molecule has 0 spiro atoms. The van der Waals surface area contributed by atoms with Gasteiger partial charge in [0.1, 0.15) is 12.1 Å². The number of rotatable bonds is 8. The number of alkyl halides is 1. The van der Waals surface area contributed by atoms with Gasteiger partial charge in [0, 0.05) is 11.9 Å². The molecule has 1 heterocycles. The van der Waals surface area contributed by atoms with Gasteiger partial charge >= 0.3 is 0 Å². The molecule has 0 bridgehead atoms. The third kappa shape index (κ3) is 4.08. The van der Waals surface area contributed by atoms with Crippen LogP contribution in [0.25, 0.3) is 10.9 Å². The number of hydrogen-bond acceptors (Lipinski definition) is 6. The zero-order valence-electron chi connectivity index (χ0n) is 13.7. The van der Waals surface area contributed by atoms with Gasteiger partial charge in [0.05, 0.1) is 30.3 Å². The van der Waals surface area contributed by atoms with Crippen LogP contribution < -0.4 is 19.9 Å². The van der Waals surface area contributed by atoms with E-state index in [9.17, 15) is 0 Å². The van der Waals surface area contributed by atoms with Crippen molar-refractivity contribution < 1.29 is 14.2 Å². The standard InChI is InChI=1S/C17H20ClN3O3/c1-4-13(19)11(2)24-17-12-8-15(22-3)16(23-7-5-6-18)9-14(12)20-10-21-17/h4,8-10H,1,5-7,19H2,2-3H3. The minimum atomic E-state index is 0.382. The van der Waals surface area contributed by atoms with Crippen LogP contribution >= 0.6 is 11.6 Å². The number of aromatic nitrogens is 2. The molecule has 0 radical (unpaired) electrons. The Morgan fingerprint density at radius 1 is 1.33 bits per heavy atom. The van der Waals surface area contributed by atoms with E-state index < -0.39 is 0 Å². The van der Waals surface area contributed by atoms with Crippen molar-refractivity contribution in [3.8, 4) is 17.4 Å². The van der Waals surface area contributed by atoms with Crippen molar-refractivity contribution in [1.82, 2.24) is 9.97 Å². The number of nitrogens with zero attached hydrogens (tertiary/aromatic N) is 2. The van der Waals surface area contributed by atoms with Crippen LogP contribution in [0.5, 0.6) is 17.4 Å². The van der Waals surface area contributed by atoms with E-state index in [0.717, 1.165) is 6.42 Å². The molecule has 0 atom stereocenters. The second-order valence-corrected chi connectivity index (χ2v) is 5.29. The first kappa shape index (κ1) is 17.9. The molecule has 24 heavy (non-hydrogen) atoms. The first-order valence-electron chi connectivity index (χ1n) is 7.38. The predicted molar refractivity (Wildman–Crippen MR) is 94.6 cm³/mol. The molecule has 1 aromatic carbocycles. The maximum absolute atomic E-state index is 5.79. The first-order valence-corrected chi connectivity index (χ1v) is 7.92. The van der Waals surface area contributed by atoms with Gasteiger partial charge < -0.3 is 19.9 Å². The first-order chi connectivity index (χ1) is 11.6. The molecule has 0 unspecified atom stereocenters. The highest BCUT2D eigenvalue weighted by molar-refractivity contribution is 6.17. The third-order valence-corrected chi connectivity index (χ3v) is 3.56. The molecule has 7 heteroatoms. The van der Waals surface area contributed by atoms with Crippen molar-refractivity contribution in [2.75, 3.05) is 19.6 Å². The van der Waals surface area contributed by atoms with Gasteiger partial charge in [-0.2, -0.15) is 0 Å². The van der Waals surface area contributed by atoms with Gasteiger partial charge in [-0.05, 0) is 25.5 Å². The van der Waals surface area contributed by atoms with Crippen LogP contribution in [0.4, 0.5) is 0 Å². The lowest BCUT2D eigenvalue weighted by Gasteiger charge is -2.13. The number of nitrogens with two attached hydrogens (primary N) is 1. The normalized spacial score (nSPS) is 11.8. The Morgan fingerprint density at radius 2 is 2.12 bits per heavy atom. The highest BCUT2D eigenvalue weighted by Crippen LogP contribution is 2.35. The fourth-order valence-electron chi connectivity index (χ4n) is 1.98. The number of methoxy groups -OCH3 is 1. The zero-order chi connectivity index (χ0) is 17.5. The van der Waals surface area contributed by atoms with Crippen LogP contribution in [0.2, 0.25) is 0 Å². The molecule has 0 saturated heterocycles. The zero-order valence-corrected chi connectivity index (χ0v) is 14.5. The largest absolute Gasteiger partial charge is 0.493 e. The molecule has 0 aliphatic heterocycles. The molecule has 0 aliphatic rings. The average molecular weight is 350 g/mol. The number of benzene rings is 1. The van der Waals surface area contributed by atoms with Gasteiger partial charge in [0.15, 0.2) is 11.5 Å². The summed E-state index contributed by atoms with van der Waals surface area (Å²) >= 11 is 5.67. The van der Waals surface area contributed by atoms with Gasteiger partial charge in [-0.3, -0.25) is 0 Å². The Kier molecular flexibility index (Phi) is 6.26. The predicted octanol–water partition coefficient (Wildman–Crippen LogP) is 3.40. The molecule has 0 saturated carbocycles. The Balaban J connectivity index is 2.43. The molecule has 0 aliphatic carbocycles. The number of hydrogen-bond donors (Lipinski definition) is 1. The second kappa shape index (κ2) is 8.40. The van der Waals surface area contributed by atoms with Crippen LogP contribution in [0.1, 0.15) is 13.3 Å².